The summed E-state index contributed by atoms with van der Waals surface area (Å²) in [7, 11) is 0. The Morgan fingerprint density at radius 2 is 1.83 bits per heavy atom. The summed E-state index contributed by atoms with van der Waals surface area (Å²) in [6.45, 7) is 2.39. The number of amides is 1. The third kappa shape index (κ3) is 4.41. The molecule has 0 spiro atoms. The predicted molar refractivity (Wildman–Crippen MR) is 146 cm³/mol. The largest absolute Gasteiger partial charge is 0.507 e. The van der Waals surface area contributed by atoms with Crippen molar-refractivity contribution >= 4 is 78.3 Å². The average molecular weight is 617 g/mol. The van der Waals surface area contributed by atoms with E-state index in [0.717, 1.165) is 8.27 Å². The van der Waals surface area contributed by atoms with Gasteiger partial charge in [0.2, 0.25) is 0 Å². The molecule has 1 saturated heterocycles. The van der Waals surface area contributed by atoms with E-state index in [9.17, 15) is 14.7 Å². The minimum Gasteiger partial charge on any atom is -0.507 e. The van der Waals surface area contributed by atoms with Crippen LogP contribution in [0.3, 0.4) is 0 Å². The number of ether oxygens (including phenoxy) is 1. The number of halogens is 2. The summed E-state index contributed by atoms with van der Waals surface area (Å²) in [5.74, 6) is -1.11. The Morgan fingerprint density at radius 1 is 1.11 bits per heavy atom. The normalized spacial score (nSPS) is 17.3. The Balaban J connectivity index is 1.68. The topological polar surface area (TPSA) is 79.7 Å². The van der Waals surface area contributed by atoms with Gasteiger partial charge in [-0.2, -0.15) is 0 Å². The number of anilines is 1. The summed E-state index contributed by atoms with van der Waals surface area (Å²) in [5.41, 5.74) is 1.79. The number of nitrogens with zero attached hydrogens (tertiary/aromatic N) is 2. The van der Waals surface area contributed by atoms with Crippen LogP contribution in [0.1, 0.15) is 24.1 Å². The molecule has 1 aliphatic heterocycles. The van der Waals surface area contributed by atoms with E-state index in [1.165, 1.54) is 16.2 Å². The highest BCUT2D eigenvalue weighted by Gasteiger charge is 2.48. The maximum atomic E-state index is 13.3. The van der Waals surface area contributed by atoms with Crippen molar-refractivity contribution < 1.29 is 19.4 Å². The number of aliphatic hydroxyl groups is 1. The quantitative estimate of drug-likeness (QED) is 0.119. The first-order chi connectivity index (χ1) is 16.9. The summed E-state index contributed by atoms with van der Waals surface area (Å²) < 4.78 is 7.27. The number of hydrogen-bond donors (Lipinski definition) is 1. The summed E-state index contributed by atoms with van der Waals surface area (Å²) in [4.78, 5) is 32.6. The lowest BCUT2D eigenvalue weighted by atomic mass is 9.95. The van der Waals surface area contributed by atoms with Crippen LogP contribution in [0, 0.1) is 3.57 Å². The van der Waals surface area contributed by atoms with Crippen molar-refractivity contribution in [3.05, 3.63) is 92.0 Å². The second-order valence-electron chi connectivity index (χ2n) is 7.79. The molecular weight excluding hydrogens is 599 g/mol. The lowest BCUT2D eigenvalue weighted by Gasteiger charge is -2.23. The average Bonchev–Trinajstić information content (AvgIpc) is 3.37. The van der Waals surface area contributed by atoms with Crippen LogP contribution in [-0.2, 0) is 9.59 Å². The third-order valence-corrected chi connectivity index (χ3v) is 7.59. The second kappa shape index (κ2) is 9.60. The van der Waals surface area contributed by atoms with E-state index in [2.05, 4.69) is 27.6 Å². The fraction of sp³-hybridized carbons (Fsp3) is 0.115. The van der Waals surface area contributed by atoms with E-state index in [1.54, 1.807) is 42.5 Å². The van der Waals surface area contributed by atoms with Gasteiger partial charge in [0.25, 0.3) is 5.78 Å². The molecule has 0 aliphatic carbocycles. The van der Waals surface area contributed by atoms with Gasteiger partial charge in [-0.1, -0.05) is 35.1 Å². The van der Waals surface area contributed by atoms with Crippen molar-refractivity contribution in [3.63, 3.8) is 0 Å². The molecule has 1 aliphatic rings. The molecule has 9 heteroatoms. The zero-order valence-corrected chi connectivity index (χ0v) is 22.1. The number of hydrogen-bond acceptors (Lipinski definition) is 6. The molecule has 0 radical (unpaired) electrons. The number of carbonyl (C=O) groups excluding carboxylic acids is 2. The zero-order valence-electron chi connectivity index (χ0n) is 18.4. The lowest BCUT2D eigenvalue weighted by molar-refractivity contribution is -0.132. The van der Waals surface area contributed by atoms with Gasteiger partial charge in [-0.15, -0.1) is 0 Å². The number of benzene rings is 3. The smallest absolute Gasteiger partial charge is 0.301 e. The lowest BCUT2D eigenvalue weighted by Crippen LogP contribution is -2.29. The Bertz CT molecular complexity index is 1480. The highest BCUT2D eigenvalue weighted by Crippen LogP contribution is 2.44. The van der Waals surface area contributed by atoms with Gasteiger partial charge in [-0.05, 0) is 89.7 Å². The minimum absolute atomic E-state index is 0.0117. The minimum atomic E-state index is -0.838. The standard InChI is InChI=1S/C26H18ClIN2O4S/c1-2-34-18-10-5-15(6-11-18)23(31)21-22(14-3-8-17(28)9-4-14)30(25(33)24(21)32)26-29-19-12-7-16(27)13-20(19)35-26/h3-13,22,31H,2H2,1H3. The van der Waals surface area contributed by atoms with Gasteiger partial charge in [0.15, 0.2) is 5.13 Å². The van der Waals surface area contributed by atoms with Crippen molar-refractivity contribution in [1.29, 1.82) is 0 Å². The SMILES string of the molecule is CCOc1ccc(C(O)=C2C(=O)C(=O)N(c3nc4ccc(Cl)cc4s3)C2c2ccc(I)cc2)cc1. The number of Topliss-reactive ketones (excluding diaryl/α,β-unsaturated/α-hetero) is 1. The first-order valence-corrected chi connectivity index (χ1v) is 13.0. The molecule has 1 N–H and O–H groups in total. The number of ketones is 1. The van der Waals surface area contributed by atoms with E-state index < -0.39 is 17.7 Å². The molecule has 35 heavy (non-hydrogen) atoms. The molecule has 1 fully saturated rings. The molecule has 1 amide bonds. The molecule has 3 aromatic carbocycles. The summed E-state index contributed by atoms with van der Waals surface area (Å²) in [5, 5.41) is 12.2. The molecule has 1 aromatic heterocycles. The molecular formula is C26H18ClIN2O4S. The number of fused-ring (bicyclic) bond motifs is 1. The van der Waals surface area contributed by atoms with Crippen molar-refractivity contribution in [3.8, 4) is 5.75 Å². The van der Waals surface area contributed by atoms with E-state index >= 15 is 0 Å². The highest BCUT2D eigenvalue weighted by atomic mass is 127. The van der Waals surface area contributed by atoms with Crippen LogP contribution in [0.5, 0.6) is 5.75 Å². The number of aliphatic hydroxyl groups excluding tert-OH is 1. The summed E-state index contributed by atoms with van der Waals surface area (Å²) in [6, 6.07) is 18.7. The molecule has 4 aromatic rings. The van der Waals surface area contributed by atoms with Crippen molar-refractivity contribution in [2.24, 2.45) is 0 Å². The van der Waals surface area contributed by atoms with Gasteiger partial charge in [0.1, 0.15) is 11.5 Å². The predicted octanol–water partition coefficient (Wildman–Crippen LogP) is 6.58. The molecule has 1 atom stereocenters. The Hall–Kier alpha value is -2.95. The molecule has 6 nitrogen and oxygen atoms in total. The second-order valence-corrected chi connectivity index (χ2v) is 10.5. The van der Waals surface area contributed by atoms with Crippen molar-refractivity contribution in [2.75, 3.05) is 11.5 Å². The van der Waals surface area contributed by atoms with Gasteiger partial charge in [-0.3, -0.25) is 14.5 Å². The van der Waals surface area contributed by atoms with Gasteiger partial charge in [0, 0.05) is 14.2 Å². The van der Waals surface area contributed by atoms with E-state index in [1.807, 2.05) is 31.2 Å². The molecule has 0 saturated carbocycles. The van der Waals surface area contributed by atoms with Crippen LogP contribution in [0.25, 0.3) is 16.0 Å². The van der Waals surface area contributed by atoms with Gasteiger partial charge in [-0.25, -0.2) is 4.98 Å². The third-order valence-electron chi connectivity index (χ3n) is 5.61. The van der Waals surface area contributed by atoms with Crippen molar-refractivity contribution in [1.82, 2.24) is 4.98 Å². The molecule has 0 bridgehead atoms. The fourth-order valence-electron chi connectivity index (χ4n) is 4.01. The first-order valence-electron chi connectivity index (χ1n) is 10.7. The zero-order chi connectivity index (χ0) is 24.7. The fourth-order valence-corrected chi connectivity index (χ4v) is 5.64. The molecule has 1 unspecified atom stereocenters. The first kappa shape index (κ1) is 23.8. The van der Waals surface area contributed by atoms with Crippen LogP contribution in [0.15, 0.2) is 72.3 Å². The number of carbonyl (C=O) groups is 2. The van der Waals surface area contributed by atoms with E-state index in [-0.39, 0.29) is 11.3 Å². The molecule has 176 valence electrons. The van der Waals surface area contributed by atoms with Crippen LogP contribution < -0.4 is 9.64 Å². The van der Waals surface area contributed by atoms with Crippen molar-refractivity contribution in [2.45, 2.75) is 13.0 Å². The summed E-state index contributed by atoms with van der Waals surface area (Å²) >= 11 is 9.60. The maximum absolute atomic E-state index is 13.3. The summed E-state index contributed by atoms with van der Waals surface area (Å²) in [6.07, 6.45) is 0. The number of aromatic nitrogens is 1. The van der Waals surface area contributed by atoms with E-state index in [0.29, 0.717) is 39.2 Å². The maximum Gasteiger partial charge on any atom is 0.301 e. The van der Waals surface area contributed by atoms with Gasteiger partial charge in [0.05, 0.1) is 28.4 Å². The molecule has 2 heterocycles. The van der Waals surface area contributed by atoms with Gasteiger partial charge >= 0.3 is 5.91 Å². The highest BCUT2D eigenvalue weighted by molar-refractivity contribution is 14.1. The van der Waals surface area contributed by atoms with Crippen LogP contribution in [0.4, 0.5) is 5.13 Å². The van der Waals surface area contributed by atoms with E-state index in [4.69, 9.17) is 16.3 Å². The molecule has 5 rings (SSSR count). The Labute approximate surface area is 224 Å². The van der Waals surface area contributed by atoms with Crippen LogP contribution in [-0.4, -0.2) is 28.4 Å². The number of rotatable bonds is 5. The van der Waals surface area contributed by atoms with Crippen LogP contribution in [0.2, 0.25) is 5.02 Å². The number of thiazole rings is 1. The van der Waals surface area contributed by atoms with Gasteiger partial charge < -0.3 is 9.84 Å². The Kier molecular flexibility index (Phi) is 6.52. The monoisotopic (exact) mass is 616 g/mol. The Morgan fingerprint density at radius 3 is 2.51 bits per heavy atom. The van der Waals surface area contributed by atoms with Crippen LogP contribution >= 0.6 is 45.5 Å².